The van der Waals surface area contributed by atoms with Gasteiger partial charge in [-0.05, 0) is 12.1 Å². The molecule has 0 fully saturated rings. The van der Waals surface area contributed by atoms with E-state index in [9.17, 15) is 19.1 Å². The van der Waals surface area contributed by atoms with E-state index in [0.29, 0.717) is 0 Å². The molecule has 0 radical (unpaired) electrons. The van der Waals surface area contributed by atoms with Gasteiger partial charge in [-0.25, -0.2) is 4.39 Å². The second-order valence-electron chi connectivity index (χ2n) is 4.86. The van der Waals surface area contributed by atoms with Crippen LogP contribution in [0.2, 0.25) is 0 Å². The molecule has 1 aliphatic rings. The molecule has 22 heavy (non-hydrogen) atoms. The van der Waals surface area contributed by atoms with Gasteiger partial charge in [0.1, 0.15) is 11.9 Å². The van der Waals surface area contributed by atoms with Gasteiger partial charge in [-0.15, -0.1) is 0 Å². The van der Waals surface area contributed by atoms with Crippen LogP contribution in [0, 0.1) is 5.82 Å². The van der Waals surface area contributed by atoms with Crippen molar-refractivity contribution >= 4 is 11.9 Å². The molecule has 1 aliphatic heterocycles. The molecule has 1 amide bonds. The number of aliphatic hydroxyl groups excluding tert-OH is 1. The molecule has 6 nitrogen and oxygen atoms in total. The molecule has 0 saturated carbocycles. The molecule has 118 valence electrons. The maximum Gasteiger partial charge on any atom is 0.306 e. The molecule has 3 N–H and O–H groups in total. The van der Waals surface area contributed by atoms with E-state index >= 15 is 0 Å². The minimum Gasteiger partial charge on any atom is -0.481 e. The summed E-state index contributed by atoms with van der Waals surface area (Å²) in [6.07, 6.45) is 1.37. The number of amides is 1. The Balaban J connectivity index is 2.07. The lowest BCUT2D eigenvalue weighted by molar-refractivity contribution is -0.141. The molecule has 0 saturated heterocycles. The highest BCUT2D eigenvalue weighted by Crippen LogP contribution is 2.16. The molecule has 1 aromatic carbocycles. The zero-order valence-corrected chi connectivity index (χ0v) is 11.6. The molecule has 1 aromatic rings. The summed E-state index contributed by atoms with van der Waals surface area (Å²) in [6.45, 7) is -0.400. The molecule has 0 aromatic heterocycles. The first-order chi connectivity index (χ1) is 10.5. The monoisotopic (exact) mass is 309 g/mol. The quantitative estimate of drug-likeness (QED) is 0.696. The minimum atomic E-state index is -1.03. The third-order valence-electron chi connectivity index (χ3n) is 3.26. The fraction of sp³-hybridized carbons (Fsp3) is 0.333. The van der Waals surface area contributed by atoms with Crippen LogP contribution in [0.15, 0.2) is 36.4 Å². The third kappa shape index (κ3) is 3.90. The summed E-state index contributed by atoms with van der Waals surface area (Å²) in [7, 11) is 0. The number of hydrogen-bond acceptors (Lipinski definition) is 4. The highest BCUT2D eigenvalue weighted by molar-refractivity contribution is 5.94. The highest BCUT2D eigenvalue weighted by atomic mass is 19.1. The van der Waals surface area contributed by atoms with E-state index in [1.165, 1.54) is 30.3 Å². The largest absolute Gasteiger partial charge is 0.481 e. The molecule has 3 atom stereocenters. The standard InChI is InChI=1S/C15H16FNO5/c16-11-4-2-1-3-10(11)15(21)17-12-6-5-9(7-14(19)20)22-13(12)8-18/h1-6,9,12-13,18H,7-8H2,(H,17,21)(H,19,20)/t9-,12-,13+/m1/s1. The fourth-order valence-electron chi connectivity index (χ4n) is 2.18. The van der Waals surface area contributed by atoms with Gasteiger partial charge in [0, 0.05) is 0 Å². The van der Waals surface area contributed by atoms with Crippen molar-refractivity contribution in [3.8, 4) is 0 Å². The molecule has 7 heteroatoms. The number of benzene rings is 1. The summed E-state index contributed by atoms with van der Waals surface area (Å²) in [6, 6.07) is 4.87. The number of ether oxygens (including phenoxy) is 1. The number of carbonyl (C=O) groups is 2. The van der Waals surface area contributed by atoms with E-state index in [-0.39, 0.29) is 12.0 Å². The van der Waals surface area contributed by atoms with Gasteiger partial charge >= 0.3 is 5.97 Å². The number of aliphatic hydroxyl groups is 1. The predicted octanol–water partition coefficient (Wildman–Crippen LogP) is 0.715. The zero-order valence-electron chi connectivity index (χ0n) is 11.6. The normalized spacial score (nSPS) is 24.0. The fourth-order valence-corrected chi connectivity index (χ4v) is 2.18. The van der Waals surface area contributed by atoms with Crippen LogP contribution < -0.4 is 5.32 Å². The van der Waals surface area contributed by atoms with Gasteiger partial charge in [-0.3, -0.25) is 9.59 Å². The van der Waals surface area contributed by atoms with Gasteiger partial charge in [0.15, 0.2) is 0 Å². The lowest BCUT2D eigenvalue weighted by atomic mass is 10.0. The van der Waals surface area contributed by atoms with Gasteiger partial charge < -0.3 is 20.3 Å². The maximum absolute atomic E-state index is 13.6. The van der Waals surface area contributed by atoms with Crippen LogP contribution in [0.1, 0.15) is 16.8 Å². The second-order valence-corrected chi connectivity index (χ2v) is 4.86. The number of carboxylic acids is 1. The van der Waals surface area contributed by atoms with Crippen LogP contribution in [0.3, 0.4) is 0 Å². The summed E-state index contributed by atoms with van der Waals surface area (Å²) < 4.78 is 19.0. The number of carbonyl (C=O) groups excluding carboxylic acids is 1. The highest BCUT2D eigenvalue weighted by Gasteiger charge is 2.29. The number of carboxylic acid groups (broad SMARTS) is 1. The number of aliphatic carboxylic acids is 1. The molecule has 0 spiro atoms. The van der Waals surface area contributed by atoms with Gasteiger partial charge in [0.25, 0.3) is 5.91 Å². The van der Waals surface area contributed by atoms with Gasteiger partial charge in [-0.2, -0.15) is 0 Å². The van der Waals surface area contributed by atoms with Crippen molar-refractivity contribution in [2.45, 2.75) is 24.7 Å². The molecule has 1 heterocycles. The van der Waals surface area contributed by atoms with Crippen molar-refractivity contribution in [3.63, 3.8) is 0 Å². The van der Waals surface area contributed by atoms with Gasteiger partial charge in [0.05, 0.1) is 30.7 Å². The van der Waals surface area contributed by atoms with Crippen LogP contribution in [0.5, 0.6) is 0 Å². The SMILES string of the molecule is O=C(O)C[C@H]1C=C[C@@H](NC(=O)c2ccccc2F)[C@H](CO)O1. The predicted molar refractivity (Wildman–Crippen MR) is 74.8 cm³/mol. The Labute approximate surface area is 126 Å². The Morgan fingerprint density at radius 2 is 2.00 bits per heavy atom. The Morgan fingerprint density at radius 1 is 1.27 bits per heavy atom. The lowest BCUT2D eigenvalue weighted by Gasteiger charge is -2.31. The van der Waals surface area contributed by atoms with E-state index in [1.54, 1.807) is 6.08 Å². The number of halogens is 1. The summed E-state index contributed by atoms with van der Waals surface area (Å²) in [4.78, 5) is 22.7. The van der Waals surface area contributed by atoms with Crippen molar-refractivity contribution < 1.29 is 28.9 Å². The van der Waals surface area contributed by atoms with Crippen LogP contribution >= 0.6 is 0 Å². The first kappa shape index (κ1) is 16.1. The summed E-state index contributed by atoms with van der Waals surface area (Å²) in [5, 5.41) is 20.6. The molecule has 0 aliphatic carbocycles. The van der Waals surface area contributed by atoms with Crippen LogP contribution in [0.4, 0.5) is 4.39 Å². The Bertz CT molecular complexity index is 589. The van der Waals surface area contributed by atoms with E-state index in [1.807, 2.05) is 0 Å². The summed E-state index contributed by atoms with van der Waals surface area (Å²) in [5.74, 6) is -2.31. The maximum atomic E-state index is 13.6. The minimum absolute atomic E-state index is 0.111. The smallest absolute Gasteiger partial charge is 0.306 e. The first-order valence-corrected chi connectivity index (χ1v) is 6.73. The molecule has 0 bridgehead atoms. The molecule has 2 rings (SSSR count). The van der Waals surface area contributed by atoms with E-state index < -0.39 is 42.6 Å². The van der Waals surface area contributed by atoms with Crippen molar-refractivity contribution in [1.29, 1.82) is 0 Å². The average Bonchev–Trinajstić information content (AvgIpc) is 2.48. The van der Waals surface area contributed by atoms with E-state index in [2.05, 4.69) is 5.32 Å². The summed E-state index contributed by atoms with van der Waals surface area (Å²) >= 11 is 0. The Kier molecular flexibility index (Phi) is 5.24. The van der Waals surface area contributed by atoms with E-state index in [0.717, 1.165) is 0 Å². The lowest BCUT2D eigenvalue weighted by Crippen LogP contribution is -2.48. The van der Waals surface area contributed by atoms with Crippen molar-refractivity contribution in [1.82, 2.24) is 5.32 Å². The molecular formula is C15H16FNO5. The van der Waals surface area contributed by atoms with E-state index in [4.69, 9.17) is 9.84 Å². The van der Waals surface area contributed by atoms with Crippen LogP contribution in [-0.2, 0) is 9.53 Å². The van der Waals surface area contributed by atoms with Crippen LogP contribution in [0.25, 0.3) is 0 Å². The number of nitrogens with one attached hydrogen (secondary N) is 1. The van der Waals surface area contributed by atoms with Crippen molar-refractivity contribution in [2.24, 2.45) is 0 Å². The molecular weight excluding hydrogens is 293 g/mol. The average molecular weight is 309 g/mol. The third-order valence-corrected chi connectivity index (χ3v) is 3.26. The molecule has 0 unspecified atom stereocenters. The first-order valence-electron chi connectivity index (χ1n) is 6.73. The topological polar surface area (TPSA) is 95.9 Å². The Hall–Kier alpha value is -2.25. The number of hydrogen-bond donors (Lipinski definition) is 3. The van der Waals surface area contributed by atoms with Crippen LogP contribution in [-0.4, -0.2) is 46.9 Å². The van der Waals surface area contributed by atoms with Crippen molar-refractivity contribution in [3.05, 3.63) is 47.8 Å². The summed E-state index contributed by atoms with van der Waals surface area (Å²) in [5.41, 5.74) is -0.111. The zero-order chi connectivity index (χ0) is 16.1. The second kappa shape index (κ2) is 7.15. The van der Waals surface area contributed by atoms with Gasteiger partial charge in [-0.1, -0.05) is 24.3 Å². The van der Waals surface area contributed by atoms with Crippen molar-refractivity contribution in [2.75, 3.05) is 6.61 Å². The van der Waals surface area contributed by atoms with Gasteiger partial charge in [0.2, 0.25) is 0 Å². The number of rotatable bonds is 5. The Morgan fingerprint density at radius 3 is 2.64 bits per heavy atom.